The van der Waals surface area contributed by atoms with Gasteiger partial charge in [0.05, 0.1) is 12.2 Å². The van der Waals surface area contributed by atoms with Gasteiger partial charge in [0.2, 0.25) is 0 Å². The molecule has 0 aromatic rings. The Morgan fingerprint density at radius 1 is 1.06 bits per heavy atom. The van der Waals surface area contributed by atoms with E-state index < -0.39 is 16.6 Å². The van der Waals surface area contributed by atoms with Gasteiger partial charge in [-0.1, -0.05) is 20.8 Å². The molecule has 4 aliphatic carbocycles. The molecule has 4 saturated carbocycles. The fourth-order valence-corrected chi connectivity index (χ4v) is 10.1. The number of hydrogen-bond acceptors (Lipinski definition) is 6. The van der Waals surface area contributed by atoms with Crippen LogP contribution in [0.2, 0.25) is 0 Å². The third-order valence-electron chi connectivity index (χ3n) is 11.4. The molecule has 3 N–H and O–H groups in total. The van der Waals surface area contributed by atoms with Crippen LogP contribution < -0.4 is 4.72 Å². The van der Waals surface area contributed by atoms with E-state index in [0.29, 0.717) is 29.6 Å². The summed E-state index contributed by atoms with van der Waals surface area (Å²) in [4.78, 5) is 0. The molecule has 5 fully saturated rings. The van der Waals surface area contributed by atoms with Crippen molar-refractivity contribution in [3.63, 3.8) is 0 Å². The molecule has 12 atom stereocenters. The lowest BCUT2D eigenvalue weighted by Gasteiger charge is -2.62. The highest BCUT2D eigenvalue weighted by atomic mass is 32.2. The molecule has 5 rings (SSSR count). The molecule has 34 heavy (non-hydrogen) atoms. The predicted octanol–water partition coefficient (Wildman–Crippen LogP) is 3.60. The summed E-state index contributed by atoms with van der Waals surface area (Å²) in [6.07, 6.45) is 8.82. The number of epoxide rings is 1. The van der Waals surface area contributed by atoms with Gasteiger partial charge < -0.3 is 14.9 Å². The Bertz CT molecular complexity index is 867. The van der Waals surface area contributed by atoms with E-state index in [1.807, 2.05) is 0 Å². The Kier molecular flexibility index (Phi) is 6.68. The van der Waals surface area contributed by atoms with E-state index in [9.17, 15) is 18.6 Å². The van der Waals surface area contributed by atoms with Crippen molar-refractivity contribution in [2.75, 3.05) is 7.05 Å². The molecule has 0 spiro atoms. The maximum Gasteiger partial charge on any atom is 0.335 e. The average Bonchev–Trinajstić information content (AvgIpc) is 3.37. The number of ether oxygens (including phenoxy) is 1. The number of aliphatic hydroxyl groups is 2. The van der Waals surface area contributed by atoms with Gasteiger partial charge in [-0.2, -0.15) is 13.1 Å². The van der Waals surface area contributed by atoms with Crippen molar-refractivity contribution < 1.29 is 27.6 Å². The van der Waals surface area contributed by atoms with Gasteiger partial charge in [0, 0.05) is 7.05 Å². The van der Waals surface area contributed by atoms with Crippen LogP contribution in [-0.2, 0) is 19.2 Å². The second-order valence-corrected chi connectivity index (χ2v) is 14.3. The second-order valence-electron chi connectivity index (χ2n) is 12.8. The summed E-state index contributed by atoms with van der Waals surface area (Å²) >= 11 is 0. The maximum atomic E-state index is 12.6. The van der Waals surface area contributed by atoms with E-state index in [4.69, 9.17) is 8.92 Å². The normalized spacial score (nSPS) is 51.3. The van der Waals surface area contributed by atoms with Crippen molar-refractivity contribution in [3.8, 4) is 0 Å². The molecule has 1 heterocycles. The summed E-state index contributed by atoms with van der Waals surface area (Å²) in [6, 6.07) is 0. The smallest absolute Gasteiger partial charge is 0.335 e. The van der Waals surface area contributed by atoms with E-state index in [1.165, 1.54) is 19.9 Å². The second kappa shape index (κ2) is 8.95. The van der Waals surface area contributed by atoms with Gasteiger partial charge in [-0.15, -0.1) is 0 Å². The summed E-state index contributed by atoms with van der Waals surface area (Å²) in [6.45, 7) is 7.25. The highest BCUT2D eigenvalue weighted by Crippen LogP contribution is 2.68. The number of fused-ring (bicyclic) bond motifs is 5. The lowest BCUT2D eigenvalue weighted by Crippen LogP contribution is -2.59. The van der Waals surface area contributed by atoms with Gasteiger partial charge in [0.25, 0.3) is 0 Å². The van der Waals surface area contributed by atoms with E-state index in [0.717, 1.165) is 51.4 Å². The molecule has 0 radical (unpaired) electrons. The average molecular weight is 500 g/mol. The third-order valence-corrected chi connectivity index (χ3v) is 12.4. The molecular formula is C26H45NO6S. The highest BCUT2D eigenvalue weighted by molar-refractivity contribution is 7.84. The highest BCUT2D eigenvalue weighted by Gasteiger charge is 2.63. The van der Waals surface area contributed by atoms with Gasteiger partial charge in [-0.3, -0.25) is 4.18 Å². The predicted molar refractivity (Wildman–Crippen MR) is 129 cm³/mol. The van der Waals surface area contributed by atoms with Gasteiger partial charge in [0.1, 0.15) is 6.10 Å². The van der Waals surface area contributed by atoms with Crippen LogP contribution in [0.1, 0.15) is 85.0 Å². The zero-order chi connectivity index (χ0) is 24.5. The minimum Gasteiger partial charge on any atom is -0.393 e. The van der Waals surface area contributed by atoms with E-state index >= 15 is 0 Å². The van der Waals surface area contributed by atoms with Crippen LogP contribution in [0.15, 0.2) is 0 Å². The first-order valence-corrected chi connectivity index (χ1v) is 15.0. The van der Waals surface area contributed by atoms with Crippen molar-refractivity contribution in [2.45, 2.75) is 110 Å². The monoisotopic (exact) mass is 499 g/mol. The minimum absolute atomic E-state index is 0.0182. The SMILES string of the molecule is CNS(=O)(=O)OC1CC2C[C@H](O)CCC2(C)[C@H]2CCC3(C)C([C@H](C)CCC4OC4O)CC[C@H]3C12. The van der Waals surface area contributed by atoms with Crippen molar-refractivity contribution in [3.05, 3.63) is 0 Å². The van der Waals surface area contributed by atoms with Crippen LogP contribution in [0.25, 0.3) is 0 Å². The van der Waals surface area contributed by atoms with Crippen LogP contribution in [0.4, 0.5) is 0 Å². The summed E-state index contributed by atoms with van der Waals surface area (Å²) in [7, 11) is -2.37. The zero-order valence-corrected chi connectivity index (χ0v) is 22.1. The maximum absolute atomic E-state index is 12.6. The fraction of sp³-hybridized carbons (Fsp3) is 1.00. The molecule has 1 saturated heterocycles. The lowest BCUT2D eigenvalue weighted by atomic mass is 9.43. The van der Waals surface area contributed by atoms with Crippen molar-refractivity contribution >= 4 is 10.3 Å². The molecule has 0 amide bonds. The molecule has 0 aromatic carbocycles. The van der Waals surface area contributed by atoms with Gasteiger partial charge in [0.15, 0.2) is 6.29 Å². The Morgan fingerprint density at radius 2 is 1.74 bits per heavy atom. The van der Waals surface area contributed by atoms with Crippen LogP contribution in [0.3, 0.4) is 0 Å². The third kappa shape index (κ3) is 4.28. The lowest BCUT2D eigenvalue weighted by molar-refractivity contribution is -0.167. The fourth-order valence-electron chi connectivity index (χ4n) is 9.43. The first-order chi connectivity index (χ1) is 16.0. The summed E-state index contributed by atoms with van der Waals surface area (Å²) in [5, 5.41) is 20.0. The van der Waals surface area contributed by atoms with Crippen LogP contribution in [0, 0.1) is 46.3 Å². The standard InChI is InChI=1S/C26H45NO6S/c1-15(5-8-21-24(29)32-21)18-6-7-19-23-20(10-12-26(18,19)3)25(2)11-9-17(28)13-16(25)14-22(23)33-34(30,31)27-4/h15-24,27-29H,5-14H2,1-4H3/t15-,16?,17-,18?,19+,20+,21?,22?,23?,24?,25?,26?/m1/s1. The van der Waals surface area contributed by atoms with E-state index in [2.05, 4.69) is 25.5 Å². The van der Waals surface area contributed by atoms with E-state index in [1.54, 1.807) is 0 Å². The summed E-state index contributed by atoms with van der Waals surface area (Å²) in [5.41, 5.74) is 0.337. The van der Waals surface area contributed by atoms with Crippen LogP contribution >= 0.6 is 0 Å². The summed E-state index contributed by atoms with van der Waals surface area (Å²) in [5.74, 6) is 2.61. The molecule has 1 aliphatic heterocycles. The Labute approximate surface area is 205 Å². The largest absolute Gasteiger partial charge is 0.393 e. The minimum atomic E-state index is -3.79. The number of aliphatic hydroxyl groups excluding tert-OH is 2. The molecule has 7 nitrogen and oxygen atoms in total. The van der Waals surface area contributed by atoms with Gasteiger partial charge in [-0.05, 0) is 111 Å². The van der Waals surface area contributed by atoms with E-state index in [-0.39, 0.29) is 35.1 Å². The Balaban J connectivity index is 1.41. The molecular weight excluding hydrogens is 454 g/mol. The zero-order valence-electron chi connectivity index (χ0n) is 21.3. The van der Waals surface area contributed by atoms with Gasteiger partial charge in [-0.25, -0.2) is 0 Å². The molecule has 0 bridgehead atoms. The van der Waals surface area contributed by atoms with Crippen LogP contribution in [-0.4, -0.2) is 50.3 Å². The topological polar surface area (TPSA) is 108 Å². The molecule has 8 unspecified atom stereocenters. The molecule has 0 aromatic heterocycles. The van der Waals surface area contributed by atoms with Crippen molar-refractivity contribution in [1.29, 1.82) is 0 Å². The summed E-state index contributed by atoms with van der Waals surface area (Å²) < 4.78 is 38.6. The molecule has 196 valence electrons. The van der Waals surface area contributed by atoms with Crippen molar-refractivity contribution in [2.24, 2.45) is 46.3 Å². The number of nitrogens with one attached hydrogen (secondary N) is 1. The molecule has 8 heteroatoms. The van der Waals surface area contributed by atoms with Gasteiger partial charge >= 0.3 is 10.3 Å². The number of rotatable bonds is 7. The van der Waals surface area contributed by atoms with Crippen LogP contribution in [0.5, 0.6) is 0 Å². The number of hydrogen-bond donors (Lipinski definition) is 3. The Morgan fingerprint density at radius 3 is 2.41 bits per heavy atom. The first kappa shape index (κ1) is 25.4. The first-order valence-electron chi connectivity index (χ1n) is 13.6. The Hall–Kier alpha value is -0.250. The quantitative estimate of drug-likeness (QED) is 0.462. The molecule has 5 aliphatic rings. The van der Waals surface area contributed by atoms with Crippen molar-refractivity contribution in [1.82, 2.24) is 4.72 Å².